The molecule has 1 aliphatic heterocycles. The molecule has 0 radical (unpaired) electrons. The highest BCUT2D eigenvalue weighted by Crippen LogP contribution is 2.30. The lowest BCUT2D eigenvalue weighted by Crippen LogP contribution is -2.47. The van der Waals surface area contributed by atoms with E-state index in [1.54, 1.807) is 18.2 Å². The van der Waals surface area contributed by atoms with Gasteiger partial charge in [0.2, 0.25) is 10.0 Å². The highest BCUT2D eigenvalue weighted by Gasteiger charge is 2.29. The Balaban J connectivity index is 2.34. The molecule has 0 saturated carbocycles. The number of hydrogen-bond donors (Lipinski definition) is 0. The van der Waals surface area contributed by atoms with Crippen molar-refractivity contribution in [2.24, 2.45) is 0 Å². The molecule has 0 bridgehead atoms. The molecule has 0 N–H and O–H groups in total. The van der Waals surface area contributed by atoms with Gasteiger partial charge in [0.25, 0.3) is 0 Å². The first-order chi connectivity index (χ1) is 8.95. The Labute approximate surface area is 122 Å². The van der Waals surface area contributed by atoms with Crippen molar-refractivity contribution < 1.29 is 13.2 Å². The van der Waals surface area contributed by atoms with Crippen molar-refractivity contribution in [3.8, 4) is 5.75 Å². The van der Waals surface area contributed by atoms with Crippen LogP contribution in [0.25, 0.3) is 0 Å². The van der Waals surface area contributed by atoms with Gasteiger partial charge >= 0.3 is 0 Å². The predicted octanol–water partition coefficient (Wildman–Crippen LogP) is 1.39. The molecule has 0 amide bonds. The monoisotopic (exact) mass is 348 g/mol. The van der Waals surface area contributed by atoms with Gasteiger partial charge in [-0.15, -0.1) is 0 Å². The summed E-state index contributed by atoms with van der Waals surface area (Å²) >= 11 is 3.31. The zero-order chi connectivity index (χ0) is 14.0. The first-order valence-electron chi connectivity index (χ1n) is 5.97. The van der Waals surface area contributed by atoms with Crippen LogP contribution in [0.15, 0.2) is 27.6 Å². The lowest BCUT2D eigenvalue weighted by atomic mass is 10.3. The summed E-state index contributed by atoms with van der Waals surface area (Å²) in [5.41, 5.74) is 0. The molecule has 1 heterocycles. The van der Waals surface area contributed by atoms with Gasteiger partial charge in [0, 0.05) is 30.7 Å². The lowest BCUT2D eigenvalue weighted by Gasteiger charge is -2.31. The highest BCUT2D eigenvalue weighted by atomic mass is 79.9. The van der Waals surface area contributed by atoms with Crippen molar-refractivity contribution in [3.05, 3.63) is 22.7 Å². The van der Waals surface area contributed by atoms with Gasteiger partial charge < -0.3 is 9.64 Å². The van der Waals surface area contributed by atoms with E-state index in [2.05, 4.69) is 20.8 Å². The van der Waals surface area contributed by atoms with Crippen LogP contribution in [-0.2, 0) is 10.0 Å². The molecule has 0 spiro atoms. The van der Waals surface area contributed by atoms with E-state index in [0.29, 0.717) is 18.8 Å². The summed E-state index contributed by atoms with van der Waals surface area (Å²) in [5, 5.41) is 0. The fourth-order valence-corrected chi connectivity index (χ4v) is 3.92. The molecule has 1 fully saturated rings. The summed E-state index contributed by atoms with van der Waals surface area (Å²) in [6.07, 6.45) is 0. The first kappa shape index (κ1) is 14.8. The third kappa shape index (κ3) is 3.10. The van der Waals surface area contributed by atoms with Gasteiger partial charge in [0.05, 0.1) is 7.11 Å². The van der Waals surface area contributed by atoms with Crippen LogP contribution in [0, 0.1) is 0 Å². The number of nitrogens with zero attached hydrogens (tertiary/aromatic N) is 2. The summed E-state index contributed by atoms with van der Waals surface area (Å²) in [6, 6.07) is 4.96. The Bertz CT molecular complexity index is 554. The quantitative estimate of drug-likeness (QED) is 0.828. The van der Waals surface area contributed by atoms with Crippen LogP contribution in [0.3, 0.4) is 0 Å². The molecule has 106 valence electrons. The summed E-state index contributed by atoms with van der Waals surface area (Å²) in [6.45, 7) is 2.52. The first-order valence-corrected chi connectivity index (χ1v) is 8.20. The van der Waals surface area contributed by atoms with Gasteiger partial charge in [-0.25, -0.2) is 8.42 Å². The highest BCUT2D eigenvalue weighted by molar-refractivity contribution is 9.10. The standard InChI is InChI=1S/C12H17BrN2O3S/c1-14-5-7-15(8-6-14)19(16,17)12-4-3-10(13)9-11(12)18-2/h3-4,9H,5-8H2,1-2H3. The Morgan fingerprint density at radius 2 is 1.84 bits per heavy atom. The number of piperazine rings is 1. The van der Waals surface area contributed by atoms with Gasteiger partial charge in [-0.05, 0) is 25.2 Å². The molecule has 0 atom stereocenters. The van der Waals surface area contributed by atoms with E-state index in [9.17, 15) is 8.42 Å². The van der Waals surface area contributed by atoms with Crippen LogP contribution in [0.1, 0.15) is 0 Å². The zero-order valence-corrected chi connectivity index (χ0v) is 13.4. The van der Waals surface area contributed by atoms with Crippen LogP contribution in [0.2, 0.25) is 0 Å². The summed E-state index contributed by atoms with van der Waals surface area (Å²) in [5.74, 6) is 0.369. The van der Waals surface area contributed by atoms with E-state index < -0.39 is 10.0 Å². The average Bonchev–Trinajstić information content (AvgIpc) is 2.38. The zero-order valence-electron chi connectivity index (χ0n) is 11.0. The van der Waals surface area contributed by atoms with Gasteiger partial charge in [-0.1, -0.05) is 15.9 Å². The minimum Gasteiger partial charge on any atom is -0.495 e. The molecule has 5 nitrogen and oxygen atoms in total. The van der Waals surface area contributed by atoms with Gasteiger partial charge in [-0.2, -0.15) is 4.31 Å². The van der Waals surface area contributed by atoms with Crippen molar-refractivity contribution >= 4 is 26.0 Å². The Morgan fingerprint density at radius 3 is 2.42 bits per heavy atom. The summed E-state index contributed by atoms with van der Waals surface area (Å²) < 4.78 is 32.7. The number of benzene rings is 1. The second-order valence-electron chi connectivity index (χ2n) is 4.50. The van der Waals surface area contributed by atoms with Crippen LogP contribution >= 0.6 is 15.9 Å². The summed E-state index contributed by atoms with van der Waals surface area (Å²) in [4.78, 5) is 2.34. The van der Waals surface area contributed by atoms with Gasteiger partial charge in [0.1, 0.15) is 10.6 Å². The number of methoxy groups -OCH3 is 1. The Kier molecular flexibility index (Phi) is 4.50. The molecule has 1 aromatic rings. The van der Waals surface area contributed by atoms with Crippen LogP contribution < -0.4 is 4.74 Å². The third-order valence-corrected chi connectivity index (χ3v) is 5.64. The van der Waals surface area contributed by atoms with E-state index >= 15 is 0 Å². The largest absolute Gasteiger partial charge is 0.495 e. The van der Waals surface area contributed by atoms with E-state index in [1.165, 1.54) is 11.4 Å². The predicted molar refractivity (Wildman–Crippen MR) is 76.9 cm³/mol. The molecule has 0 aliphatic carbocycles. The number of ether oxygens (including phenoxy) is 1. The minimum absolute atomic E-state index is 0.225. The molecular formula is C12H17BrN2O3S. The fraction of sp³-hybridized carbons (Fsp3) is 0.500. The maximum absolute atomic E-state index is 12.6. The molecule has 1 aromatic carbocycles. The van der Waals surface area contributed by atoms with E-state index in [4.69, 9.17) is 4.74 Å². The average molecular weight is 349 g/mol. The normalized spacial score (nSPS) is 18.5. The third-order valence-electron chi connectivity index (χ3n) is 3.21. The topological polar surface area (TPSA) is 49.9 Å². The van der Waals surface area contributed by atoms with Crippen LogP contribution in [0.4, 0.5) is 0 Å². The fourth-order valence-electron chi connectivity index (χ4n) is 2.02. The van der Waals surface area contributed by atoms with Crippen molar-refractivity contribution in [1.82, 2.24) is 9.21 Å². The number of likely N-dealkylation sites (N-methyl/N-ethyl adjacent to an activating group) is 1. The second-order valence-corrected chi connectivity index (χ2v) is 7.32. The molecule has 7 heteroatoms. The lowest BCUT2D eigenvalue weighted by molar-refractivity contribution is 0.222. The Morgan fingerprint density at radius 1 is 1.21 bits per heavy atom. The molecule has 0 aromatic heterocycles. The van der Waals surface area contributed by atoms with E-state index in [0.717, 1.165) is 17.6 Å². The van der Waals surface area contributed by atoms with Crippen molar-refractivity contribution in [2.45, 2.75) is 4.90 Å². The molecule has 0 unspecified atom stereocenters. The van der Waals surface area contributed by atoms with Crippen molar-refractivity contribution in [3.63, 3.8) is 0 Å². The number of sulfonamides is 1. The maximum atomic E-state index is 12.6. The second kappa shape index (κ2) is 5.78. The molecule has 1 saturated heterocycles. The maximum Gasteiger partial charge on any atom is 0.246 e. The number of rotatable bonds is 3. The van der Waals surface area contributed by atoms with Gasteiger partial charge in [-0.3, -0.25) is 0 Å². The SMILES string of the molecule is COc1cc(Br)ccc1S(=O)(=O)N1CCN(C)CC1. The smallest absolute Gasteiger partial charge is 0.246 e. The van der Waals surface area contributed by atoms with Crippen LogP contribution in [-0.4, -0.2) is 58.0 Å². The molecule has 19 heavy (non-hydrogen) atoms. The van der Waals surface area contributed by atoms with Crippen LogP contribution in [0.5, 0.6) is 5.75 Å². The summed E-state index contributed by atoms with van der Waals surface area (Å²) in [7, 11) is -0.0169. The Hall–Kier alpha value is -0.630. The van der Waals surface area contributed by atoms with Gasteiger partial charge in [0.15, 0.2) is 0 Å². The van der Waals surface area contributed by atoms with Crippen molar-refractivity contribution in [2.75, 3.05) is 40.3 Å². The molecular weight excluding hydrogens is 332 g/mol. The molecule has 2 rings (SSSR count). The van der Waals surface area contributed by atoms with E-state index in [-0.39, 0.29) is 4.90 Å². The van der Waals surface area contributed by atoms with Crippen molar-refractivity contribution in [1.29, 1.82) is 0 Å². The number of halogens is 1. The number of hydrogen-bond acceptors (Lipinski definition) is 4. The van der Waals surface area contributed by atoms with E-state index in [1.807, 2.05) is 7.05 Å². The molecule has 1 aliphatic rings. The minimum atomic E-state index is -3.48.